The van der Waals surface area contributed by atoms with Gasteiger partial charge in [-0.25, -0.2) is 4.79 Å². The van der Waals surface area contributed by atoms with Crippen LogP contribution in [0, 0.1) is 0 Å². The molecule has 1 aliphatic carbocycles. The fraction of sp³-hybridized carbons (Fsp3) is 0.543. The molecule has 1 rings (SSSR count). The number of likely N-dealkylation sites (N-methyl/N-ethyl adjacent to an activating group) is 4. The summed E-state index contributed by atoms with van der Waals surface area (Å²) in [6, 6.07) is -1.44. The van der Waals surface area contributed by atoms with Crippen molar-refractivity contribution in [3.05, 3.63) is 24.3 Å². The van der Waals surface area contributed by atoms with E-state index < -0.39 is 58.3 Å². The van der Waals surface area contributed by atoms with Crippen molar-refractivity contribution >= 4 is 107 Å². The van der Waals surface area contributed by atoms with Crippen LogP contribution in [0.2, 0.25) is 0 Å². The van der Waals surface area contributed by atoms with E-state index in [1.54, 1.807) is 19.6 Å². The predicted octanol–water partition coefficient (Wildman–Crippen LogP) is 0.899. The first-order valence-corrected chi connectivity index (χ1v) is 20.6. The van der Waals surface area contributed by atoms with Gasteiger partial charge < -0.3 is 68.2 Å². The lowest BCUT2D eigenvalue weighted by molar-refractivity contribution is -0.141. The van der Waals surface area contributed by atoms with E-state index >= 15 is 0 Å². The fourth-order valence-corrected chi connectivity index (χ4v) is 4.29. The third-order valence-corrected chi connectivity index (χ3v) is 8.31. The zero-order valence-corrected chi connectivity index (χ0v) is 41.5. The summed E-state index contributed by atoms with van der Waals surface area (Å²) in [7, 11) is 10.4. The Hall–Kier alpha value is -6.18. The summed E-state index contributed by atoms with van der Waals surface area (Å²) < 4.78 is 73.2. The maximum Gasteiger partial charge on any atom is 0.328 e. The lowest BCUT2D eigenvalue weighted by Crippen LogP contribution is -2.42. The van der Waals surface area contributed by atoms with Crippen LogP contribution in [-0.4, -0.2) is 186 Å². The zero-order chi connectivity index (χ0) is 58.0. The largest absolute Gasteiger partial charge is 0.481 e. The third-order valence-electron chi connectivity index (χ3n) is 6.43. The van der Waals surface area contributed by atoms with Crippen LogP contribution in [0.15, 0.2) is 24.3 Å². The van der Waals surface area contributed by atoms with Gasteiger partial charge in [-0.05, 0) is 38.8 Å². The Labute approximate surface area is 421 Å². The highest BCUT2D eigenvalue weighted by Crippen LogP contribution is 2.11. The number of carboxylic acid groups (broad SMARTS) is 5. The maximum absolute atomic E-state index is 10.9. The molecule has 14 N–H and O–H groups in total. The molecule has 0 aromatic heterocycles. The van der Waals surface area contributed by atoms with Gasteiger partial charge in [0.15, 0.2) is 11.6 Å². The molecule has 0 bridgehead atoms. The number of carbonyl (C=O) groups is 12. The number of ketones is 2. The normalized spacial score (nSPS) is 10.9. The van der Waals surface area contributed by atoms with Crippen molar-refractivity contribution in [3.63, 3.8) is 0 Å². The van der Waals surface area contributed by atoms with Crippen LogP contribution >= 0.6 is 36.5 Å². The van der Waals surface area contributed by atoms with Crippen LogP contribution in [-0.2, 0) is 57.5 Å². The second kappa shape index (κ2) is 73.8. The molecule has 0 saturated carbocycles. The lowest BCUT2D eigenvalue weighted by atomic mass is 10.2. The van der Waals surface area contributed by atoms with Gasteiger partial charge in [-0.2, -0.15) is 15.6 Å². The van der Waals surface area contributed by atoms with E-state index in [0.29, 0.717) is 0 Å². The zero-order valence-electron chi connectivity index (χ0n) is 39.0. The number of rotatable bonds is 18. The number of carbonyl (C=O) groups excluding carboxylic acids is 7. The number of thioether (sulfide) groups is 2. The molecule has 0 radical (unpaired) electrons. The summed E-state index contributed by atoms with van der Waals surface area (Å²) in [4.78, 5) is 124. The second-order valence-corrected chi connectivity index (χ2v) is 12.8. The van der Waals surface area contributed by atoms with Crippen molar-refractivity contribution in [2.45, 2.75) is 62.1 Å². The summed E-state index contributed by atoms with van der Waals surface area (Å²) in [5.41, 5.74) is 0. The summed E-state index contributed by atoms with van der Waals surface area (Å²) in [6.07, 6.45) is 7.47. The van der Waals surface area contributed by atoms with Gasteiger partial charge >= 0.3 is 29.8 Å². The van der Waals surface area contributed by atoms with Crippen molar-refractivity contribution in [2.75, 3.05) is 61.8 Å². The van der Waals surface area contributed by atoms with Gasteiger partial charge in [0.05, 0.1) is 37.0 Å². The molecule has 0 saturated heterocycles. The molecule has 0 aliphatic heterocycles. The first-order valence-electron chi connectivity index (χ1n) is 17.7. The molecule has 25 nitrogen and oxygen atoms in total. The summed E-state index contributed by atoms with van der Waals surface area (Å²) >= 11 is 4.43. The number of hydrogen-bond acceptors (Lipinski definition) is 17. The van der Waals surface area contributed by atoms with Crippen molar-refractivity contribution in [1.82, 2.24) is 37.2 Å². The average Bonchev–Trinajstić information content (AvgIpc) is 3.76. The van der Waals surface area contributed by atoms with E-state index in [9.17, 15) is 61.4 Å². The number of nitrogens with one attached hydrogen (secondary N) is 7. The number of carboxylic acids is 5. The van der Waals surface area contributed by atoms with Crippen LogP contribution in [0.3, 0.4) is 0 Å². The van der Waals surface area contributed by atoms with Crippen LogP contribution < -0.4 is 37.2 Å². The number of aliphatic carboxylic acids is 5. The summed E-state index contributed by atoms with van der Waals surface area (Å²) in [5, 5.41) is 57.4. The van der Waals surface area contributed by atoms with E-state index in [2.05, 4.69) is 37.2 Å². The molecule has 0 heterocycles. The predicted molar refractivity (Wildman–Crippen MR) is 249 cm³/mol. The lowest BCUT2D eigenvalue weighted by Gasteiger charge is -2.10. The van der Waals surface area contributed by atoms with E-state index in [-0.39, 0.29) is 80.2 Å². The Kier molecular flexibility index (Phi) is 97.8. The first-order chi connectivity index (χ1) is 32.9. The Morgan fingerprint density at radius 1 is 0.542 bits per heavy atom. The molecule has 37 heteroatoms. The van der Waals surface area contributed by atoms with E-state index in [4.69, 9.17) is 62.1 Å². The Morgan fingerprint density at radius 3 is 1.12 bits per heavy atom. The molecule has 0 aromatic carbocycles. The number of allylic oxidation sites excluding steroid dienone is 2. The number of hydrogen-bond donors (Lipinski definition) is 13. The molecule has 0 spiro atoms. The SMILES string of the molecule is C.CNC(=O)/C=C\C(=O)O.CNC(=O)C(CC(=O)O)NC.CNC(=O)C(CC(=O)O)SC.CNC(=O)CC(NC)C(=O)O.CNC(=O)CC(SC)C(=O)O.FF.FF.FF.FF.FS.O.O=C1C=CC(=O)C1. The van der Waals surface area contributed by atoms with E-state index in [1.807, 2.05) is 13.0 Å². The average molecular weight is 1140 g/mol. The maximum atomic E-state index is 10.9. The van der Waals surface area contributed by atoms with Gasteiger partial charge in [0.2, 0.25) is 29.5 Å². The number of thiol groups is 1. The van der Waals surface area contributed by atoms with Gasteiger partial charge in [0.25, 0.3) is 0 Å². The molecule has 4 unspecified atom stereocenters. The Bertz CT molecular complexity index is 1450. The van der Waals surface area contributed by atoms with Gasteiger partial charge in [-0.1, -0.05) is 7.43 Å². The van der Waals surface area contributed by atoms with Crippen molar-refractivity contribution < 1.29 is 129 Å². The van der Waals surface area contributed by atoms with E-state index in [0.717, 1.165) is 23.9 Å². The molecule has 5 amide bonds. The Morgan fingerprint density at radius 2 is 0.903 bits per heavy atom. The fourth-order valence-electron chi connectivity index (χ4n) is 3.13. The van der Waals surface area contributed by atoms with Gasteiger partial charge in [0, 0.05) is 103 Å². The quantitative estimate of drug-likeness (QED) is 0.0392. The summed E-state index contributed by atoms with van der Waals surface area (Å²) in [5.74, 6) is -6.68. The Balaban J connectivity index is -0.0000000577. The van der Waals surface area contributed by atoms with E-state index in [1.165, 1.54) is 66.2 Å². The monoisotopic (exact) mass is 1140 g/mol. The standard InChI is InChI=1S/2C6H12N2O3.2C6H11NO3S.C5H7NO3.C5H4O2.CH4.4F2.FHS.H2O/c1-7-4(3-5(9)10)6(11)8-2;1-7-4(6(10)11)3-5(9)8-2;1-7-6(10)4(11-2)3-5(8)9;1-7-5(8)3-4(11-2)6(9)10;1-6-4(7)2-3-5(8)9;6-4-1-2-5(7)3-4;;5*1-2;/h4,7H,3H2,1-2H3,(H,8,11)(H,9,10);4,7H,3H2,1-2H3,(H,8,9)(H,10,11);4H,3H2,1-2H3,(H,7,10)(H,8,9);4H,3H2,1-2H3,(H,7,8)(H,9,10);2-3H,1H3,(H,6,7)(H,8,9);1-2H,3H2;1H4;;;;;2H;1H2/b;;;;3-2-;;;;;;;;. The smallest absolute Gasteiger partial charge is 0.328 e. The number of amides is 5. The van der Waals surface area contributed by atoms with Crippen molar-refractivity contribution in [2.24, 2.45) is 0 Å². The van der Waals surface area contributed by atoms with Crippen LogP contribution in [0.25, 0.3) is 0 Å². The molecule has 4 atom stereocenters. The highest BCUT2D eigenvalue weighted by Gasteiger charge is 2.20. The van der Waals surface area contributed by atoms with Crippen LogP contribution in [0.1, 0.15) is 39.5 Å². The van der Waals surface area contributed by atoms with Gasteiger partial charge in [-0.3, -0.25) is 52.7 Å². The molecule has 0 aromatic rings. The molecular weight excluding hydrogens is 1070 g/mol. The minimum Gasteiger partial charge on any atom is -0.481 e. The molecule has 428 valence electrons. The minimum absolute atomic E-state index is 0. The topological polar surface area (TPSA) is 422 Å². The van der Waals surface area contributed by atoms with Crippen molar-refractivity contribution in [3.8, 4) is 0 Å². The summed E-state index contributed by atoms with van der Waals surface area (Å²) in [6.45, 7) is 0. The highest BCUT2D eigenvalue weighted by atomic mass is 32.2. The molecular formula is C35H64F9N7O18S3. The van der Waals surface area contributed by atoms with Crippen LogP contribution in [0.4, 0.5) is 40.5 Å². The van der Waals surface area contributed by atoms with Gasteiger partial charge in [0.1, 0.15) is 11.3 Å². The highest BCUT2D eigenvalue weighted by molar-refractivity contribution is 8.00. The molecule has 1 aliphatic rings. The minimum atomic E-state index is -1.13. The van der Waals surface area contributed by atoms with Crippen molar-refractivity contribution in [1.29, 1.82) is 0 Å². The molecule has 72 heavy (non-hydrogen) atoms. The first kappa shape index (κ1) is 95.5. The molecule has 0 fully saturated rings. The van der Waals surface area contributed by atoms with Gasteiger partial charge in [-0.15, -0.1) is 11.8 Å². The van der Waals surface area contributed by atoms with Crippen LogP contribution in [0.5, 0.6) is 0 Å². The number of halogens is 9. The third kappa shape index (κ3) is 75.3. The second-order valence-electron chi connectivity index (χ2n) is 10.7.